The number of rotatable bonds is 3. The van der Waals surface area contributed by atoms with Crippen molar-refractivity contribution in [2.45, 2.75) is 0 Å². The van der Waals surface area contributed by atoms with E-state index in [1.165, 1.54) is 0 Å². The van der Waals surface area contributed by atoms with Crippen LogP contribution in [0.15, 0.2) is 16.9 Å². The van der Waals surface area contributed by atoms with Crippen molar-refractivity contribution < 1.29 is 4.74 Å². The second-order valence-electron chi connectivity index (χ2n) is 2.46. The van der Waals surface area contributed by atoms with Crippen LogP contribution in [0.5, 0.6) is 0 Å². The maximum Gasteiger partial charge on any atom is 0.171 e. The number of allylic oxidation sites excluding steroid dienone is 1. The summed E-state index contributed by atoms with van der Waals surface area (Å²) in [5.41, 5.74) is 6.06. The molecule has 12 heavy (non-hydrogen) atoms. The van der Waals surface area contributed by atoms with Crippen LogP contribution in [0.4, 0.5) is 0 Å². The molecule has 0 aromatic heterocycles. The Labute approximate surface area is 76.6 Å². The Kier molecular flexibility index (Phi) is 3.37. The van der Waals surface area contributed by atoms with Crippen molar-refractivity contribution in [2.75, 3.05) is 26.8 Å². The average Bonchev–Trinajstić information content (AvgIpc) is 2.07. The number of hydrogen-bond acceptors (Lipinski definition) is 4. The van der Waals surface area contributed by atoms with Crippen LogP contribution in [0, 0.1) is 0 Å². The van der Waals surface area contributed by atoms with Gasteiger partial charge in [-0.1, -0.05) is 11.6 Å². The first-order valence-electron chi connectivity index (χ1n) is 3.68. The molecule has 0 saturated heterocycles. The van der Waals surface area contributed by atoms with E-state index in [4.69, 9.17) is 22.1 Å². The molecule has 1 rings (SSSR count). The van der Waals surface area contributed by atoms with Gasteiger partial charge < -0.3 is 10.5 Å². The van der Waals surface area contributed by atoms with E-state index >= 15 is 0 Å². The highest BCUT2D eigenvalue weighted by Gasteiger charge is 2.09. The maximum atomic E-state index is 5.71. The molecular formula is C7H12ClN3O. The molecule has 0 aliphatic carbocycles. The molecule has 2 N–H and O–H groups in total. The van der Waals surface area contributed by atoms with Gasteiger partial charge >= 0.3 is 0 Å². The van der Waals surface area contributed by atoms with Gasteiger partial charge in [-0.25, -0.2) is 0 Å². The van der Waals surface area contributed by atoms with Crippen molar-refractivity contribution in [3.63, 3.8) is 0 Å². The van der Waals surface area contributed by atoms with E-state index in [2.05, 4.69) is 5.10 Å². The summed E-state index contributed by atoms with van der Waals surface area (Å²) in [4.78, 5) is 0. The van der Waals surface area contributed by atoms with E-state index < -0.39 is 0 Å². The van der Waals surface area contributed by atoms with Crippen molar-refractivity contribution in [1.29, 1.82) is 0 Å². The molecular weight excluding hydrogens is 178 g/mol. The molecule has 0 aromatic rings. The number of hydrazone groups is 1. The van der Waals surface area contributed by atoms with E-state index in [1.807, 2.05) is 11.1 Å². The minimum Gasteiger partial charge on any atom is -0.396 e. The predicted octanol–water partition coefficient (Wildman–Crippen LogP) is 0.343. The minimum absolute atomic E-state index is 0.359. The Bertz CT molecular complexity index is 215. The zero-order valence-electron chi connectivity index (χ0n) is 6.96. The van der Waals surface area contributed by atoms with Crippen molar-refractivity contribution in [3.8, 4) is 0 Å². The quantitative estimate of drug-likeness (QED) is 0.697. The van der Waals surface area contributed by atoms with Crippen LogP contribution < -0.4 is 5.73 Å². The molecule has 0 spiro atoms. The molecule has 0 atom stereocenters. The van der Waals surface area contributed by atoms with E-state index in [0.29, 0.717) is 24.0 Å². The first-order chi connectivity index (χ1) is 5.74. The van der Waals surface area contributed by atoms with Crippen molar-refractivity contribution in [2.24, 2.45) is 10.8 Å². The van der Waals surface area contributed by atoms with Gasteiger partial charge in [0, 0.05) is 7.11 Å². The zero-order chi connectivity index (χ0) is 8.97. The minimum atomic E-state index is 0.359. The van der Waals surface area contributed by atoms with Crippen molar-refractivity contribution >= 4 is 16.8 Å². The van der Waals surface area contributed by atoms with Gasteiger partial charge in [0.15, 0.2) is 5.17 Å². The lowest BCUT2D eigenvalue weighted by molar-refractivity contribution is 0.156. The van der Waals surface area contributed by atoms with Crippen LogP contribution in [-0.2, 0) is 4.74 Å². The summed E-state index contributed by atoms with van der Waals surface area (Å²) in [5, 5.41) is 6.21. The summed E-state index contributed by atoms with van der Waals surface area (Å²) in [6.45, 7) is 2.07. The van der Waals surface area contributed by atoms with Crippen molar-refractivity contribution in [3.05, 3.63) is 11.8 Å². The first-order valence-corrected chi connectivity index (χ1v) is 4.06. The lowest BCUT2D eigenvalue weighted by atomic mass is 10.4. The molecule has 1 heterocycles. The molecule has 68 valence electrons. The van der Waals surface area contributed by atoms with Gasteiger partial charge in [0.1, 0.15) is 0 Å². The Balaban J connectivity index is 2.42. The molecule has 1 aliphatic heterocycles. The lowest BCUT2D eigenvalue weighted by Gasteiger charge is -2.20. The number of halogens is 1. The molecule has 1 aliphatic rings. The van der Waals surface area contributed by atoms with Crippen LogP contribution in [0.25, 0.3) is 0 Å². The predicted molar refractivity (Wildman–Crippen MR) is 49.0 cm³/mol. The molecule has 0 aromatic carbocycles. The highest BCUT2D eigenvalue weighted by Crippen LogP contribution is 2.06. The summed E-state index contributed by atoms with van der Waals surface area (Å²) in [6, 6.07) is 0. The second kappa shape index (κ2) is 4.33. The fourth-order valence-corrected chi connectivity index (χ4v) is 1.03. The van der Waals surface area contributed by atoms with Crippen LogP contribution in [0.1, 0.15) is 0 Å². The summed E-state index contributed by atoms with van der Waals surface area (Å²) < 4.78 is 4.90. The average molecular weight is 190 g/mol. The van der Waals surface area contributed by atoms with Crippen LogP contribution in [0.3, 0.4) is 0 Å². The molecule has 0 saturated carbocycles. The Morgan fingerprint density at radius 1 is 1.83 bits per heavy atom. The topological polar surface area (TPSA) is 50.9 Å². The third-order valence-electron chi connectivity index (χ3n) is 1.54. The number of nitrogens with two attached hydrogens (primary N) is 1. The number of ether oxygens (including phenoxy) is 1. The normalized spacial score (nSPS) is 17.3. The van der Waals surface area contributed by atoms with Crippen molar-refractivity contribution in [1.82, 2.24) is 5.01 Å². The Morgan fingerprint density at radius 2 is 2.58 bits per heavy atom. The van der Waals surface area contributed by atoms with E-state index in [-0.39, 0.29) is 0 Å². The largest absolute Gasteiger partial charge is 0.396 e. The van der Waals surface area contributed by atoms with E-state index in [1.54, 1.807) is 7.11 Å². The first kappa shape index (κ1) is 9.35. The van der Waals surface area contributed by atoms with E-state index in [9.17, 15) is 0 Å². The fourth-order valence-electron chi connectivity index (χ4n) is 0.849. The van der Waals surface area contributed by atoms with Crippen LogP contribution in [0.2, 0.25) is 0 Å². The molecule has 0 radical (unpaired) electrons. The second-order valence-corrected chi connectivity index (χ2v) is 2.81. The summed E-state index contributed by atoms with van der Waals surface area (Å²) in [6.07, 6.45) is 1.84. The molecule has 4 nitrogen and oxygen atoms in total. The van der Waals surface area contributed by atoms with Gasteiger partial charge in [0.2, 0.25) is 0 Å². The number of hydrogen-bond donors (Lipinski definition) is 1. The third-order valence-corrected chi connectivity index (χ3v) is 1.84. The van der Waals surface area contributed by atoms with Gasteiger partial charge in [0.25, 0.3) is 0 Å². The highest BCUT2D eigenvalue weighted by molar-refractivity contribution is 6.69. The van der Waals surface area contributed by atoms with Gasteiger partial charge in [0.05, 0.1) is 25.4 Å². The van der Waals surface area contributed by atoms with E-state index in [0.717, 1.165) is 6.54 Å². The fraction of sp³-hybridized carbons (Fsp3) is 0.571. The van der Waals surface area contributed by atoms with Crippen LogP contribution in [-0.4, -0.2) is 37.0 Å². The number of nitrogens with zero attached hydrogens (tertiary/aromatic N) is 2. The molecule has 0 fully saturated rings. The zero-order valence-corrected chi connectivity index (χ0v) is 7.71. The van der Waals surface area contributed by atoms with Gasteiger partial charge in [-0.05, 0) is 6.08 Å². The van der Waals surface area contributed by atoms with Crippen LogP contribution >= 0.6 is 11.6 Å². The molecule has 0 bridgehead atoms. The highest BCUT2D eigenvalue weighted by atomic mass is 35.5. The van der Waals surface area contributed by atoms with Gasteiger partial charge in [-0.2, -0.15) is 5.10 Å². The Morgan fingerprint density at radius 3 is 3.17 bits per heavy atom. The lowest BCUT2D eigenvalue weighted by Crippen LogP contribution is -2.28. The monoisotopic (exact) mass is 189 g/mol. The molecule has 5 heteroatoms. The SMILES string of the molecule is COCCN1CC=C(N)C(Cl)=N1. The standard InChI is InChI=1S/C7H12ClN3O/c1-12-5-4-11-3-2-6(9)7(8)10-11/h2H,3-5,9H2,1H3. The smallest absolute Gasteiger partial charge is 0.171 e. The summed E-state index contributed by atoms with van der Waals surface area (Å²) in [7, 11) is 1.65. The third kappa shape index (κ3) is 2.39. The summed E-state index contributed by atoms with van der Waals surface area (Å²) in [5.74, 6) is 0. The Hall–Kier alpha value is -0.740. The molecule has 0 unspecified atom stereocenters. The maximum absolute atomic E-state index is 5.71. The summed E-state index contributed by atoms with van der Waals surface area (Å²) >= 11 is 5.71. The van der Waals surface area contributed by atoms with Gasteiger partial charge in [-0.3, -0.25) is 5.01 Å². The van der Waals surface area contributed by atoms with Gasteiger partial charge in [-0.15, -0.1) is 0 Å². The molecule has 0 amide bonds. The number of methoxy groups -OCH3 is 1.